The summed E-state index contributed by atoms with van der Waals surface area (Å²) in [5.74, 6) is 0.789. The summed E-state index contributed by atoms with van der Waals surface area (Å²) in [5.41, 5.74) is 2.02. The Morgan fingerprint density at radius 2 is 1.88 bits per heavy atom. The number of nitrogens with one attached hydrogen (secondary N) is 1. The Hall–Kier alpha value is -1.01. The number of benzene rings is 2. The Morgan fingerprint density at radius 3 is 2.64 bits per heavy atom. The van der Waals surface area contributed by atoms with Gasteiger partial charge in [-0.3, -0.25) is 0 Å². The maximum atomic E-state index is 8.62. The highest BCUT2D eigenvalue weighted by Crippen LogP contribution is 2.23. The Kier molecular flexibility index (Phi) is 10.9. The zero-order chi connectivity index (χ0) is 17.2. The summed E-state index contributed by atoms with van der Waals surface area (Å²) >= 11 is 12.0. The fourth-order valence-electron chi connectivity index (χ4n) is 2.09. The molecule has 2 aromatic carbocycles. The van der Waals surface area contributed by atoms with Crippen molar-refractivity contribution in [3.63, 3.8) is 0 Å². The molecule has 2 N–H and O–H groups in total. The first-order valence-electron chi connectivity index (χ1n) is 7.74. The van der Waals surface area contributed by atoms with E-state index in [2.05, 4.69) is 5.32 Å². The highest BCUT2D eigenvalue weighted by Gasteiger charge is 2.03. The molecule has 0 unspecified atom stereocenters. The minimum atomic E-state index is 0. The van der Waals surface area contributed by atoms with Crippen molar-refractivity contribution in [3.8, 4) is 5.75 Å². The molecule has 0 saturated heterocycles. The molecule has 0 atom stereocenters. The van der Waals surface area contributed by atoms with Gasteiger partial charge in [0.15, 0.2) is 0 Å². The summed E-state index contributed by atoms with van der Waals surface area (Å²) in [6.45, 7) is 2.84. The number of halogens is 3. The second-order valence-electron chi connectivity index (χ2n) is 5.18. The van der Waals surface area contributed by atoms with Gasteiger partial charge < -0.3 is 19.9 Å². The normalized spacial score (nSPS) is 10.4. The predicted molar refractivity (Wildman–Crippen MR) is 104 cm³/mol. The second kappa shape index (κ2) is 12.4. The summed E-state index contributed by atoms with van der Waals surface area (Å²) in [4.78, 5) is 0. The quantitative estimate of drug-likeness (QED) is 0.583. The average molecular weight is 407 g/mol. The van der Waals surface area contributed by atoms with Crippen molar-refractivity contribution in [2.45, 2.75) is 13.2 Å². The number of aliphatic hydroxyl groups excluding tert-OH is 1. The van der Waals surface area contributed by atoms with Gasteiger partial charge >= 0.3 is 0 Å². The molecule has 2 rings (SSSR count). The molecule has 0 aliphatic carbocycles. The minimum absolute atomic E-state index is 0. The number of aliphatic hydroxyl groups is 1. The molecule has 0 radical (unpaired) electrons. The lowest BCUT2D eigenvalue weighted by atomic mass is 10.2. The van der Waals surface area contributed by atoms with Crippen molar-refractivity contribution >= 4 is 35.6 Å². The molecular formula is C18H22Cl3NO3. The van der Waals surface area contributed by atoms with Crippen LogP contribution in [0.4, 0.5) is 0 Å². The fraction of sp³-hybridized carbons (Fsp3) is 0.333. The largest absolute Gasteiger partial charge is 0.489 e. The third-order valence-electron chi connectivity index (χ3n) is 3.30. The van der Waals surface area contributed by atoms with E-state index in [1.165, 1.54) is 0 Å². The van der Waals surface area contributed by atoms with Gasteiger partial charge in [-0.1, -0.05) is 41.4 Å². The summed E-state index contributed by atoms with van der Waals surface area (Å²) in [7, 11) is 0. The van der Waals surface area contributed by atoms with Gasteiger partial charge in [-0.25, -0.2) is 0 Å². The van der Waals surface area contributed by atoms with Crippen LogP contribution in [0.5, 0.6) is 5.75 Å². The monoisotopic (exact) mass is 405 g/mol. The van der Waals surface area contributed by atoms with Gasteiger partial charge in [0.1, 0.15) is 12.4 Å². The molecule has 138 valence electrons. The standard InChI is InChI=1S/C18H21Cl2NO3.ClH/c19-16-5-4-15(18(20)11-16)13-24-17-3-1-2-14(10-17)12-21-6-8-23-9-7-22;/h1-5,10-11,21-22H,6-9,12-13H2;1H. The zero-order valence-electron chi connectivity index (χ0n) is 13.7. The first-order chi connectivity index (χ1) is 11.7. The lowest BCUT2D eigenvalue weighted by Gasteiger charge is -2.10. The van der Waals surface area contributed by atoms with Crippen LogP contribution in [0.25, 0.3) is 0 Å². The average Bonchev–Trinajstić information content (AvgIpc) is 2.58. The summed E-state index contributed by atoms with van der Waals surface area (Å²) in [5, 5.41) is 13.1. The minimum Gasteiger partial charge on any atom is -0.489 e. The van der Waals surface area contributed by atoms with Crippen LogP contribution in [0.1, 0.15) is 11.1 Å². The molecule has 0 spiro atoms. The summed E-state index contributed by atoms with van der Waals surface area (Å²) in [6.07, 6.45) is 0. The van der Waals surface area contributed by atoms with Crippen LogP contribution >= 0.6 is 35.6 Å². The maximum Gasteiger partial charge on any atom is 0.120 e. The Bertz CT molecular complexity index is 641. The van der Waals surface area contributed by atoms with Crippen LogP contribution in [0, 0.1) is 0 Å². The van der Waals surface area contributed by atoms with Crippen LogP contribution in [0.3, 0.4) is 0 Å². The van der Waals surface area contributed by atoms with Crippen molar-refractivity contribution in [3.05, 3.63) is 63.6 Å². The van der Waals surface area contributed by atoms with Crippen LogP contribution in [-0.4, -0.2) is 31.5 Å². The van der Waals surface area contributed by atoms with E-state index in [9.17, 15) is 0 Å². The zero-order valence-corrected chi connectivity index (χ0v) is 16.0. The molecule has 0 aliphatic rings. The smallest absolute Gasteiger partial charge is 0.120 e. The molecule has 0 amide bonds. The Balaban J connectivity index is 0.00000312. The SMILES string of the molecule is Cl.OCCOCCNCc1cccc(OCc2ccc(Cl)cc2Cl)c1. The molecule has 0 aliphatic heterocycles. The molecule has 0 aromatic heterocycles. The van der Waals surface area contributed by atoms with Gasteiger partial charge in [0, 0.05) is 28.7 Å². The highest BCUT2D eigenvalue weighted by atomic mass is 35.5. The molecule has 2 aromatic rings. The van der Waals surface area contributed by atoms with Gasteiger partial charge in [-0.05, 0) is 29.8 Å². The summed E-state index contributed by atoms with van der Waals surface area (Å²) in [6, 6.07) is 13.3. The van der Waals surface area contributed by atoms with E-state index < -0.39 is 0 Å². The number of ether oxygens (including phenoxy) is 2. The molecule has 0 bridgehead atoms. The van der Waals surface area contributed by atoms with Gasteiger partial charge in [0.2, 0.25) is 0 Å². The lowest BCUT2D eigenvalue weighted by Crippen LogP contribution is -2.20. The maximum absolute atomic E-state index is 8.62. The topological polar surface area (TPSA) is 50.7 Å². The lowest BCUT2D eigenvalue weighted by molar-refractivity contribution is 0.0938. The third kappa shape index (κ3) is 8.27. The van der Waals surface area contributed by atoms with Crippen LogP contribution < -0.4 is 10.1 Å². The molecule has 25 heavy (non-hydrogen) atoms. The predicted octanol–water partition coefficient (Wildman–Crippen LogP) is 4.09. The van der Waals surface area contributed by atoms with E-state index in [1.54, 1.807) is 12.1 Å². The third-order valence-corrected chi connectivity index (χ3v) is 3.88. The van der Waals surface area contributed by atoms with E-state index in [0.29, 0.717) is 29.9 Å². The molecule has 7 heteroatoms. The van der Waals surface area contributed by atoms with Crippen LogP contribution in [0.2, 0.25) is 10.0 Å². The fourth-order valence-corrected chi connectivity index (χ4v) is 2.55. The number of hydrogen-bond acceptors (Lipinski definition) is 4. The van der Waals surface area contributed by atoms with E-state index in [1.807, 2.05) is 30.3 Å². The van der Waals surface area contributed by atoms with Crippen molar-refractivity contribution in [2.24, 2.45) is 0 Å². The molecule has 0 heterocycles. The van der Waals surface area contributed by atoms with Crippen molar-refractivity contribution < 1.29 is 14.6 Å². The van der Waals surface area contributed by atoms with Gasteiger partial charge in [-0.2, -0.15) is 0 Å². The van der Waals surface area contributed by atoms with Crippen LogP contribution in [-0.2, 0) is 17.9 Å². The van der Waals surface area contributed by atoms with E-state index in [0.717, 1.165) is 30.0 Å². The molecule has 0 saturated carbocycles. The Morgan fingerprint density at radius 1 is 1.04 bits per heavy atom. The molecule has 0 fully saturated rings. The highest BCUT2D eigenvalue weighted by molar-refractivity contribution is 6.35. The van der Waals surface area contributed by atoms with Gasteiger partial charge in [-0.15, -0.1) is 12.4 Å². The molecular weight excluding hydrogens is 385 g/mol. The van der Waals surface area contributed by atoms with E-state index in [4.69, 9.17) is 37.8 Å². The van der Waals surface area contributed by atoms with Gasteiger partial charge in [0.25, 0.3) is 0 Å². The first kappa shape index (κ1) is 22.0. The first-order valence-corrected chi connectivity index (χ1v) is 8.49. The molecule has 4 nitrogen and oxygen atoms in total. The van der Waals surface area contributed by atoms with E-state index in [-0.39, 0.29) is 19.0 Å². The van der Waals surface area contributed by atoms with Crippen LogP contribution in [0.15, 0.2) is 42.5 Å². The number of hydrogen-bond donors (Lipinski definition) is 2. The summed E-state index contributed by atoms with van der Waals surface area (Å²) < 4.78 is 11.0. The van der Waals surface area contributed by atoms with Gasteiger partial charge in [0.05, 0.1) is 19.8 Å². The van der Waals surface area contributed by atoms with Crippen molar-refractivity contribution in [2.75, 3.05) is 26.4 Å². The number of rotatable bonds is 10. The van der Waals surface area contributed by atoms with Crippen molar-refractivity contribution in [1.29, 1.82) is 0 Å². The Labute approximate surface area is 164 Å². The van der Waals surface area contributed by atoms with Crippen molar-refractivity contribution in [1.82, 2.24) is 5.32 Å². The second-order valence-corrected chi connectivity index (χ2v) is 6.03. The van der Waals surface area contributed by atoms with E-state index >= 15 is 0 Å².